The first-order chi connectivity index (χ1) is 9.31. The molecule has 0 spiro atoms. The van der Waals surface area contributed by atoms with Crippen molar-refractivity contribution in [2.24, 2.45) is 0 Å². The Morgan fingerprint density at radius 3 is 2.68 bits per heavy atom. The van der Waals surface area contributed by atoms with Gasteiger partial charge in [0, 0.05) is 12.8 Å². The number of ketones is 1. The third-order valence-corrected chi connectivity index (χ3v) is 4.37. The normalized spacial score (nSPS) is 18.0. The average molecular weight is 254 g/mol. The predicted molar refractivity (Wildman–Crippen MR) is 78.3 cm³/mol. The molecule has 0 aliphatic heterocycles. The summed E-state index contributed by atoms with van der Waals surface area (Å²) < 4.78 is 0. The first-order valence-electron chi connectivity index (χ1n) is 7.61. The van der Waals surface area contributed by atoms with Crippen LogP contribution in [0.25, 0.3) is 0 Å². The summed E-state index contributed by atoms with van der Waals surface area (Å²) in [5.41, 5.74) is 5.55. The number of fused-ring (bicyclic) bond motifs is 1. The van der Waals surface area contributed by atoms with Crippen molar-refractivity contribution in [2.45, 2.75) is 57.8 Å². The smallest absolute Gasteiger partial charge is 0.141 e. The molecule has 2 aliphatic rings. The van der Waals surface area contributed by atoms with E-state index in [2.05, 4.69) is 24.3 Å². The van der Waals surface area contributed by atoms with Gasteiger partial charge in [0.05, 0.1) is 0 Å². The summed E-state index contributed by atoms with van der Waals surface area (Å²) in [6.07, 6.45) is 12.1. The molecule has 0 atom stereocenters. The Kier molecular flexibility index (Phi) is 3.82. The quantitative estimate of drug-likeness (QED) is 0.737. The van der Waals surface area contributed by atoms with Gasteiger partial charge < -0.3 is 0 Å². The molecule has 1 aromatic carbocycles. The predicted octanol–water partition coefficient (Wildman–Crippen LogP) is 4.18. The summed E-state index contributed by atoms with van der Waals surface area (Å²) in [4.78, 5) is 12.1. The summed E-state index contributed by atoms with van der Waals surface area (Å²) in [7, 11) is 0. The van der Waals surface area contributed by atoms with Crippen molar-refractivity contribution >= 4 is 5.78 Å². The average Bonchev–Trinajstić information content (AvgIpc) is 2.87. The monoisotopic (exact) mass is 254 g/mol. The van der Waals surface area contributed by atoms with Crippen LogP contribution in [0.4, 0.5) is 0 Å². The molecule has 0 aromatic heterocycles. The van der Waals surface area contributed by atoms with Crippen LogP contribution < -0.4 is 0 Å². The molecule has 0 saturated carbocycles. The van der Waals surface area contributed by atoms with E-state index in [4.69, 9.17) is 0 Å². The van der Waals surface area contributed by atoms with Crippen LogP contribution >= 0.6 is 0 Å². The second kappa shape index (κ2) is 5.73. The highest BCUT2D eigenvalue weighted by molar-refractivity contribution is 5.83. The molecule has 0 heterocycles. The zero-order chi connectivity index (χ0) is 13.1. The van der Waals surface area contributed by atoms with Gasteiger partial charge in [0.2, 0.25) is 0 Å². The molecule has 1 aromatic rings. The number of Topliss-reactive ketones (excluding diaryl/α,β-unsaturated/α-hetero) is 1. The zero-order valence-corrected chi connectivity index (χ0v) is 11.6. The van der Waals surface area contributed by atoms with E-state index in [1.165, 1.54) is 60.8 Å². The molecule has 19 heavy (non-hydrogen) atoms. The van der Waals surface area contributed by atoms with E-state index < -0.39 is 0 Å². The van der Waals surface area contributed by atoms with E-state index >= 15 is 0 Å². The number of hydrogen-bond acceptors (Lipinski definition) is 1. The molecule has 1 nitrogen and oxygen atoms in total. The minimum Gasteiger partial charge on any atom is -0.299 e. The fourth-order valence-electron chi connectivity index (χ4n) is 3.34. The Balaban J connectivity index is 1.61. The van der Waals surface area contributed by atoms with Gasteiger partial charge in [-0.15, -0.1) is 0 Å². The SMILES string of the molecule is O=C(CC1=CCCCC1)Cc1ccc2c(c1)CCC2. The third-order valence-electron chi connectivity index (χ3n) is 4.37. The van der Waals surface area contributed by atoms with Gasteiger partial charge in [-0.2, -0.15) is 0 Å². The maximum atomic E-state index is 12.1. The van der Waals surface area contributed by atoms with Crippen molar-refractivity contribution in [3.63, 3.8) is 0 Å². The van der Waals surface area contributed by atoms with E-state index in [0.29, 0.717) is 18.6 Å². The highest BCUT2D eigenvalue weighted by atomic mass is 16.1. The molecule has 0 saturated heterocycles. The molecule has 3 rings (SSSR count). The Morgan fingerprint density at radius 2 is 1.84 bits per heavy atom. The Bertz CT molecular complexity index is 510. The number of carbonyl (C=O) groups is 1. The Hall–Kier alpha value is -1.37. The Labute approximate surface area is 115 Å². The first-order valence-corrected chi connectivity index (χ1v) is 7.61. The highest BCUT2D eigenvalue weighted by Crippen LogP contribution is 2.24. The second-order valence-electron chi connectivity index (χ2n) is 5.96. The van der Waals surface area contributed by atoms with Crippen molar-refractivity contribution in [3.8, 4) is 0 Å². The minimum atomic E-state index is 0.381. The molecule has 0 amide bonds. The van der Waals surface area contributed by atoms with Crippen LogP contribution in [0.1, 0.15) is 55.2 Å². The molecule has 1 heteroatoms. The van der Waals surface area contributed by atoms with Crippen molar-refractivity contribution in [3.05, 3.63) is 46.5 Å². The largest absolute Gasteiger partial charge is 0.299 e. The van der Waals surface area contributed by atoms with Gasteiger partial charge in [0.15, 0.2) is 0 Å². The number of carbonyl (C=O) groups excluding carboxylic acids is 1. The van der Waals surface area contributed by atoms with Gasteiger partial charge in [0.25, 0.3) is 0 Å². The fraction of sp³-hybridized carbons (Fsp3) is 0.500. The highest BCUT2D eigenvalue weighted by Gasteiger charge is 2.13. The number of hydrogen-bond donors (Lipinski definition) is 0. The standard InChI is InChI=1S/C18H22O/c19-18(12-14-5-2-1-3-6-14)13-15-9-10-16-7-4-8-17(16)11-15/h5,9-11H,1-4,6-8,12-13H2. The fourth-order valence-corrected chi connectivity index (χ4v) is 3.34. The second-order valence-corrected chi connectivity index (χ2v) is 5.96. The molecule has 0 N–H and O–H groups in total. The van der Waals surface area contributed by atoms with Crippen molar-refractivity contribution in [1.29, 1.82) is 0 Å². The van der Waals surface area contributed by atoms with Gasteiger partial charge in [-0.1, -0.05) is 29.8 Å². The van der Waals surface area contributed by atoms with Crippen molar-refractivity contribution in [1.82, 2.24) is 0 Å². The third kappa shape index (κ3) is 3.15. The summed E-state index contributed by atoms with van der Waals surface area (Å²) in [6.45, 7) is 0. The molecule has 0 unspecified atom stereocenters. The number of rotatable bonds is 4. The molecular formula is C18H22O. The maximum Gasteiger partial charge on any atom is 0.141 e. The van der Waals surface area contributed by atoms with Crippen LogP contribution in [0.3, 0.4) is 0 Å². The summed E-state index contributed by atoms with van der Waals surface area (Å²) in [5.74, 6) is 0.381. The number of aryl methyl sites for hydroxylation is 2. The van der Waals surface area contributed by atoms with Gasteiger partial charge in [-0.05, 0) is 61.6 Å². The van der Waals surface area contributed by atoms with E-state index in [9.17, 15) is 4.79 Å². The lowest BCUT2D eigenvalue weighted by molar-refractivity contribution is -0.117. The number of allylic oxidation sites excluding steroid dienone is 2. The molecule has 100 valence electrons. The maximum absolute atomic E-state index is 12.1. The van der Waals surface area contributed by atoms with Crippen LogP contribution in [0.5, 0.6) is 0 Å². The van der Waals surface area contributed by atoms with Gasteiger partial charge >= 0.3 is 0 Å². The molecule has 0 fully saturated rings. The minimum absolute atomic E-state index is 0.381. The van der Waals surface area contributed by atoms with Crippen molar-refractivity contribution < 1.29 is 4.79 Å². The lowest BCUT2D eigenvalue weighted by Gasteiger charge is -2.12. The summed E-state index contributed by atoms with van der Waals surface area (Å²) in [5, 5.41) is 0. The van der Waals surface area contributed by atoms with E-state index in [1.54, 1.807) is 0 Å². The van der Waals surface area contributed by atoms with Crippen molar-refractivity contribution in [2.75, 3.05) is 0 Å². The lowest BCUT2D eigenvalue weighted by atomic mass is 9.93. The molecular weight excluding hydrogens is 232 g/mol. The number of benzene rings is 1. The van der Waals surface area contributed by atoms with E-state index in [-0.39, 0.29) is 0 Å². The van der Waals surface area contributed by atoms with E-state index in [1.807, 2.05) is 0 Å². The molecule has 0 radical (unpaired) electrons. The molecule has 2 aliphatic carbocycles. The zero-order valence-electron chi connectivity index (χ0n) is 11.6. The van der Waals surface area contributed by atoms with Crippen LogP contribution in [-0.2, 0) is 24.1 Å². The van der Waals surface area contributed by atoms with Gasteiger partial charge in [-0.25, -0.2) is 0 Å². The summed E-state index contributed by atoms with van der Waals surface area (Å²) >= 11 is 0. The lowest BCUT2D eigenvalue weighted by Crippen LogP contribution is -2.06. The van der Waals surface area contributed by atoms with E-state index in [0.717, 1.165) is 6.42 Å². The van der Waals surface area contributed by atoms with Crippen LogP contribution in [-0.4, -0.2) is 5.78 Å². The van der Waals surface area contributed by atoms with Gasteiger partial charge in [-0.3, -0.25) is 4.79 Å². The van der Waals surface area contributed by atoms with Crippen LogP contribution in [0, 0.1) is 0 Å². The first kappa shape index (κ1) is 12.7. The Morgan fingerprint density at radius 1 is 0.947 bits per heavy atom. The van der Waals surface area contributed by atoms with Crippen LogP contribution in [0.2, 0.25) is 0 Å². The topological polar surface area (TPSA) is 17.1 Å². The van der Waals surface area contributed by atoms with Crippen LogP contribution in [0.15, 0.2) is 29.8 Å². The van der Waals surface area contributed by atoms with Gasteiger partial charge in [0.1, 0.15) is 5.78 Å². The molecule has 0 bridgehead atoms. The summed E-state index contributed by atoms with van der Waals surface area (Å²) in [6, 6.07) is 6.64.